The summed E-state index contributed by atoms with van der Waals surface area (Å²) in [4.78, 5) is 10.5. The molecule has 0 aliphatic rings. The number of ether oxygens (including phenoxy) is 1. The molecular formula is C23H38O5. The number of unbranched alkanes of at least 4 members (excludes halogenated alkanes) is 3. The van der Waals surface area contributed by atoms with Gasteiger partial charge in [0.05, 0.1) is 0 Å². The summed E-state index contributed by atoms with van der Waals surface area (Å²) in [7, 11) is 0. The minimum atomic E-state index is -0.509. The molecule has 0 heterocycles. The second-order valence-corrected chi connectivity index (χ2v) is 9.53. The summed E-state index contributed by atoms with van der Waals surface area (Å²) < 4.78 is 5.02. The van der Waals surface area contributed by atoms with Crippen molar-refractivity contribution in [1.82, 2.24) is 0 Å². The molecule has 28 heavy (non-hydrogen) atoms. The van der Waals surface area contributed by atoms with E-state index in [9.17, 15) is 20.1 Å². The fourth-order valence-electron chi connectivity index (χ4n) is 3.36. The highest BCUT2D eigenvalue weighted by Gasteiger charge is 2.19. The lowest BCUT2D eigenvalue weighted by molar-refractivity contribution is -0.140. The van der Waals surface area contributed by atoms with Crippen molar-refractivity contribution in [3.05, 3.63) is 17.2 Å². The first-order chi connectivity index (χ1) is 13.0. The maximum Gasteiger partial charge on any atom is 0.293 e. The maximum absolute atomic E-state index is 10.5. The first-order valence-corrected chi connectivity index (χ1v) is 10.3. The highest BCUT2D eigenvalue weighted by atomic mass is 16.5. The van der Waals surface area contributed by atoms with E-state index in [-0.39, 0.29) is 17.2 Å². The summed E-state index contributed by atoms with van der Waals surface area (Å²) in [6.45, 7) is 10.8. The fourth-order valence-corrected chi connectivity index (χ4v) is 3.36. The van der Waals surface area contributed by atoms with E-state index in [0.29, 0.717) is 42.3 Å². The summed E-state index contributed by atoms with van der Waals surface area (Å²) in [5.41, 5.74) is 0.780. The van der Waals surface area contributed by atoms with Crippen LogP contribution in [0.25, 0.3) is 0 Å². The molecule has 1 aromatic carbocycles. The first kappa shape index (κ1) is 24.1. The van der Waals surface area contributed by atoms with Crippen molar-refractivity contribution in [1.29, 1.82) is 0 Å². The topological polar surface area (TPSA) is 87.0 Å². The average Bonchev–Trinajstić information content (AvgIpc) is 2.57. The molecule has 0 saturated carbocycles. The molecule has 0 fully saturated rings. The molecule has 1 rings (SSSR count). The van der Waals surface area contributed by atoms with Crippen LogP contribution in [0.2, 0.25) is 0 Å². The van der Waals surface area contributed by atoms with Gasteiger partial charge in [0.15, 0.2) is 11.5 Å². The molecule has 0 aliphatic heterocycles. The summed E-state index contributed by atoms with van der Waals surface area (Å²) in [6, 6.07) is 1.56. The molecule has 0 aliphatic carbocycles. The summed E-state index contributed by atoms with van der Waals surface area (Å²) in [6.07, 6.45) is 7.49. The predicted molar refractivity (Wildman–Crippen MR) is 112 cm³/mol. The van der Waals surface area contributed by atoms with E-state index in [0.717, 1.165) is 38.5 Å². The Morgan fingerprint density at radius 2 is 1.46 bits per heavy atom. The number of carbonyl (C=O) groups excluding carboxylic acids is 1. The second-order valence-electron chi connectivity index (χ2n) is 9.53. The average molecular weight is 395 g/mol. The molecule has 0 unspecified atom stereocenters. The van der Waals surface area contributed by atoms with Crippen molar-refractivity contribution in [2.24, 2.45) is 5.41 Å². The van der Waals surface area contributed by atoms with E-state index in [1.807, 2.05) is 13.8 Å². The minimum absolute atomic E-state index is 0.0470. The van der Waals surface area contributed by atoms with Crippen LogP contribution in [0.3, 0.4) is 0 Å². The molecule has 3 N–H and O–H groups in total. The van der Waals surface area contributed by atoms with Gasteiger partial charge in [0.25, 0.3) is 6.47 Å². The molecule has 0 atom stereocenters. The number of rotatable bonds is 12. The van der Waals surface area contributed by atoms with Gasteiger partial charge in [0.2, 0.25) is 0 Å². The van der Waals surface area contributed by atoms with Crippen LogP contribution in [0.15, 0.2) is 6.07 Å². The van der Waals surface area contributed by atoms with Crippen LogP contribution < -0.4 is 0 Å². The maximum atomic E-state index is 10.5. The normalized spacial score (nSPS) is 12.2. The van der Waals surface area contributed by atoms with Crippen molar-refractivity contribution in [3.8, 4) is 17.2 Å². The largest absolute Gasteiger partial charge is 0.508 e. The van der Waals surface area contributed by atoms with Crippen molar-refractivity contribution in [2.45, 2.75) is 98.0 Å². The van der Waals surface area contributed by atoms with Gasteiger partial charge in [-0.1, -0.05) is 33.6 Å². The van der Waals surface area contributed by atoms with Crippen molar-refractivity contribution < 1.29 is 24.9 Å². The zero-order chi connectivity index (χ0) is 21.4. The van der Waals surface area contributed by atoms with Gasteiger partial charge < -0.3 is 20.1 Å². The number of hydrogen-bond donors (Lipinski definition) is 3. The Hall–Kier alpha value is -1.91. The molecule has 0 aromatic heterocycles. The third kappa shape index (κ3) is 8.41. The van der Waals surface area contributed by atoms with Gasteiger partial charge in [-0.15, -0.1) is 0 Å². The number of aryl methyl sites for hydroxylation is 1. The van der Waals surface area contributed by atoms with Gasteiger partial charge in [0, 0.05) is 11.1 Å². The van der Waals surface area contributed by atoms with Crippen molar-refractivity contribution >= 4 is 6.47 Å². The van der Waals surface area contributed by atoms with Crippen LogP contribution in [-0.4, -0.2) is 27.4 Å². The Morgan fingerprint density at radius 3 is 2.07 bits per heavy atom. The van der Waals surface area contributed by atoms with Crippen LogP contribution in [-0.2, 0) is 22.4 Å². The molecule has 0 bridgehead atoms. The lowest BCUT2D eigenvalue weighted by Gasteiger charge is -2.22. The van der Waals surface area contributed by atoms with Crippen molar-refractivity contribution in [2.75, 3.05) is 0 Å². The highest BCUT2D eigenvalue weighted by molar-refractivity contribution is 5.56. The number of phenols is 3. The number of aromatic hydroxyl groups is 3. The fraction of sp³-hybridized carbons (Fsp3) is 0.696. The van der Waals surface area contributed by atoms with Gasteiger partial charge in [0.1, 0.15) is 11.4 Å². The highest BCUT2D eigenvalue weighted by Crippen LogP contribution is 2.40. The van der Waals surface area contributed by atoms with Crippen LogP contribution in [0.4, 0.5) is 0 Å². The quantitative estimate of drug-likeness (QED) is 0.185. The smallest absolute Gasteiger partial charge is 0.293 e. The number of benzene rings is 1. The van der Waals surface area contributed by atoms with E-state index in [2.05, 4.69) is 20.8 Å². The van der Waals surface area contributed by atoms with E-state index in [1.54, 1.807) is 6.07 Å². The summed E-state index contributed by atoms with van der Waals surface area (Å²) >= 11 is 0. The van der Waals surface area contributed by atoms with Gasteiger partial charge in [-0.05, 0) is 70.3 Å². The Balaban J connectivity index is 2.57. The number of phenolic OH excluding ortho intramolecular Hbond substituents is 3. The Morgan fingerprint density at radius 1 is 0.857 bits per heavy atom. The van der Waals surface area contributed by atoms with Crippen LogP contribution in [0.1, 0.15) is 90.7 Å². The van der Waals surface area contributed by atoms with E-state index in [4.69, 9.17) is 4.74 Å². The predicted octanol–water partition coefficient (Wildman–Crippen LogP) is 5.62. The van der Waals surface area contributed by atoms with Crippen LogP contribution in [0.5, 0.6) is 17.2 Å². The van der Waals surface area contributed by atoms with E-state index >= 15 is 0 Å². The molecule has 160 valence electrons. The Kier molecular flexibility index (Phi) is 9.12. The lowest BCUT2D eigenvalue weighted by atomic mass is 9.89. The van der Waals surface area contributed by atoms with E-state index in [1.165, 1.54) is 0 Å². The molecule has 0 radical (unpaired) electrons. The molecular weight excluding hydrogens is 356 g/mol. The van der Waals surface area contributed by atoms with Gasteiger partial charge in [-0.25, -0.2) is 0 Å². The van der Waals surface area contributed by atoms with E-state index < -0.39 is 5.60 Å². The molecule has 0 amide bonds. The van der Waals surface area contributed by atoms with Crippen molar-refractivity contribution in [3.63, 3.8) is 0 Å². The zero-order valence-electron chi connectivity index (χ0n) is 18.2. The number of carbonyl (C=O) groups is 1. The first-order valence-electron chi connectivity index (χ1n) is 10.3. The SMILES string of the molecule is CC(C)(C)CCCCCc1c(O)cc(CCCCC(C)(C)OC=O)c(O)c1O. The monoisotopic (exact) mass is 394 g/mol. The third-order valence-electron chi connectivity index (χ3n) is 5.13. The summed E-state index contributed by atoms with van der Waals surface area (Å²) in [5.74, 6) is -0.285. The lowest BCUT2D eigenvalue weighted by Crippen LogP contribution is -2.23. The Labute approximate surface area is 169 Å². The van der Waals surface area contributed by atoms with Gasteiger partial charge >= 0.3 is 0 Å². The standard InChI is InChI=1S/C23H38O5/c1-22(2,3)13-9-6-7-12-18-19(25)15-17(20(26)21(18)27)11-8-10-14-23(4,5)28-16-24/h15-16,25-27H,6-14H2,1-5H3. The molecule has 5 heteroatoms. The zero-order valence-corrected chi connectivity index (χ0v) is 18.2. The molecule has 1 aromatic rings. The summed E-state index contributed by atoms with van der Waals surface area (Å²) in [5, 5.41) is 31.0. The van der Waals surface area contributed by atoms with Crippen LogP contribution in [0, 0.1) is 5.41 Å². The molecule has 0 saturated heterocycles. The second kappa shape index (κ2) is 10.6. The van der Waals surface area contributed by atoms with Gasteiger partial charge in [-0.2, -0.15) is 0 Å². The minimum Gasteiger partial charge on any atom is -0.508 e. The third-order valence-corrected chi connectivity index (χ3v) is 5.13. The molecule has 5 nitrogen and oxygen atoms in total. The van der Waals surface area contributed by atoms with Gasteiger partial charge in [-0.3, -0.25) is 4.79 Å². The molecule has 0 spiro atoms. The number of hydrogen-bond acceptors (Lipinski definition) is 5. The van der Waals surface area contributed by atoms with Crippen LogP contribution >= 0.6 is 0 Å². The Bertz CT molecular complexity index is 629.